The number of nitrogens with zero attached hydrogens (tertiary/aromatic N) is 2. The Kier molecular flexibility index (Phi) is 5.71. The summed E-state index contributed by atoms with van der Waals surface area (Å²) >= 11 is 0. The summed E-state index contributed by atoms with van der Waals surface area (Å²) in [6.07, 6.45) is -3.59. The Hall–Kier alpha value is -2.58. The molecule has 2 heterocycles. The molecule has 0 bridgehead atoms. The predicted octanol–water partition coefficient (Wildman–Crippen LogP) is 3.67. The Morgan fingerprint density at radius 3 is 2.60 bits per heavy atom. The SMILES string of the molecule is CN1CCN(Cc2cc(C(=O)Nc3ccc4c(c3)NCC4)cc(C(F)(F)F)c2)CC1. The second-order valence-corrected chi connectivity index (χ2v) is 8.00. The van der Waals surface area contributed by atoms with Crippen molar-refractivity contribution in [1.82, 2.24) is 9.80 Å². The number of piperazine rings is 1. The van der Waals surface area contributed by atoms with Crippen LogP contribution in [0.4, 0.5) is 24.5 Å². The van der Waals surface area contributed by atoms with Crippen LogP contribution >= 0.6 is 0 Å². The topological polar surface area (TPSA) is 47.6 Å². The van der Waals surface area contributed by atoms with Crippen LogP contribution in [0.2, 0.25) is 0 Å². The van der Waals surface area contributed by atoms with Gasteiger partial charge in [-0.2, -0.15) is 13.2 Å². The molecule has 1 amide bonds. The summed E-state index contributed by atoms with van der Waals surface area (Å²) in [5.74, 6) is -0.543. The number of nitrogens with one attached hydrogen (secondary N) is 2. The highest BCUT2D eigenvalue weighted by atomic mass is 19.4. The highest BCUT2D eigenvalue weighted by Crippen LogP contribution is 2.32. The van der Waals surface area contributed by atoms with E-state index in [0.717, 1.165) is 57.0 Å². The maximum atomic E-state index is 13.5. The first-order valence-corrected chi connectivity index (χ1v) is 10.1. The third-order valence-electron chi connectivity index (χ3n) is 5.66. The Morgan fingerprint density at radius 1 is 1.10 bits per heavy atom. The van der Waals surface area contributed by atoms with E-state index in [1.165, 1.54) is 5.56 Å². The maximum absolute atomic E-state index is 13.5. The van der Waals surface area contributed by atoms with Gasteiger partial charge >= 0.3 is 6.18 Å². The first-order chi connectivity index (χ1) is 14.3. The number of rotatable bonds is 4. The van der Waals surface area contributed by atoms with Crippen LogP contribution in [-0.4, -0.2) is 55.5 Å². The number of likely N-dealkylation sites (N-methyl/N-ethyl adjacent to an activating group) is 1. The summed E-state index contributed by atoms with van der Waals surface area (Å²) in [6, 6.07) is 9.16. The second-order valence-electron chi connectivity index (χ2n) is 8.00. The van der Waals surface area contributed by atoms with Crippen LogP contribution in [-0.2, 0) is 19.1 Å². The van der Waals surface area contributed by atoms with Crippen LogP contribution in [0.1, 0.15) is 27.0 Å². The number of anilines is 2. The van der Waals surface area contributed by atoms with Gasteiger partial charge in [-0.15, -0.1) is 0 Å². The molecular weight excluding hydrogens is 393 g/mol. The van der Waals surface area contributed by atoms with Gasteiger partial charge in [0.1, 0.15) is 0 Å². The first kappa shape index (κ1) is 20.7. The molecule has 8 heteroatoms. The molecule has 4 rings (SSSR count). The highest BCUT2D eigenvalue weighted by molar-refractivity contribution is 6.04. The Labute approximate surface area is 173 Å². The van der Waals surface area contributed by atoms with E-state index < -0.39 is 17.6 Å². The summed E-state index contributed by atoms with van der Waals surface area (Å²) in [5, 5.41) is 5.97. The van der Waals surface area contributed by atoms with Crippen LogP contribution in [0.3, 0.4) is 0 Å². The van der Waals surface area contributed by atoms with Crippen LogP contribution in [0.25, 0.3) is 0 Å². The molecule has 2 N–H and O–H groups in total. The molecule has 0 saturated carbocycles. The van der Waals surface area contributed by atoms with Crippen molar-refractivity contribution in [2.24, 2.45) is 0 Å². The quantitative estimate of drug-likeness (QED) is 0.796. The summed E-state index contributed by atoms with van der Waals surface area (Å²) in [4.78, 5) is 17.1. The predicted molar refractivity (Wildman–Crippen MR) is 111 cm³/mol. The molecule has 2 aliphatic heterocycles. The molecule has 2 aromatic carbocycles. The van der Waals surface area contributed by atoms with Crippen molar-refractivity contribution >= 4 is 17.3 Å². The van der Waals surface area contributed by atoms with Gasteiger partial charge in [0.15, 0.2) is 0 Å². The monoisotopic (exact) mass is 418 g/mol. The van der Waals surface area contributed by atoms with Gasteiger partial charge in [0.05, 0.1) is 5.56 Å². The number of carbonyl (C=O) groups is 1. The molecular formula is C22H25F3N4O. The summed E-state index contributed by atoms with van der Waals surface area (Å²) in [6.45, 7) is 4.56. The minimum Gasteiger partial charge on any atom is -0.384 e. The van der Waals surface area contributed by atoms with Crippen molar-refractivity contribution in [3.05, 3.63) is 58.7 Å². The van der Waals surface area contributed by atoms with Crippen molar-refractivity contribution in [1.29, 1.82) is 0 Å². The second kappa shape index (κ2) is 8.28. The number of hydrogen-bond acceptors (Lipinski definition) is 4. The number of fused-ring (bicyclic) bond motifs is 1. The standard InChI is InChI=1S/C22H25F3N4O/c1-28-6-8-29(9-7-28)14-15-10-17(12-18(11-15)22(23,24)25)21(30)27-19-3-2-16-4-5-26-20(16)13-19/h2-3,10-13,26H,4-9,14H2,1H3,(H,27,30). The lowest BCUT2D eigenvalue weighted by Crippen LogP contribution is -2.43. The number of carbonyl (C=O) groups excluding carboxylic acids is 1. The molecule has 30 heavy (non-hydrogen) atoms. The van der Waals surface area contributed by atoms with Gasteiger partial charge in [-0.1, -0.05) is 6.07 Å². The van der Waals surface area contributed by atoms with E-state index >= 15 is 0 Å². The third-order valence-corrected chi connectivity index (χ3v) is 5.66. The minimum absolute atomic E-state index is 0.0161. The molecule has 1 saturated heterocycles. The van der Waals surface area contributed by atoms with Crippen molar-refractivity contribution in [2.75, 3.05) is 50.4 Å². The summed E-state index contributed by atoms with van der Waals surface area (Å²) in [5.41, 5.74) is 2.40. The normalized spacial score (nSPS) is 17.5. The number of alkyl halides is 3. The van der Waals surface area contributed by atoms with E-state index in [1.54, 1.807) is 12.1 Å². The van der Waals surface area contributed by atoms with E-state index in [4.69, 9.17) is 0 Å². The molecule has 0 unspecified atom stereocenters. The van der Waals surface area contributed by atoms with Crippen molar-refractivity contribution in [3.8, 4) is 0 Å². The summed E-state index contributed by atoms with van der Waals surface area (Å²) < 4.78 is 40.4. The van der Waals surface area contributed by atoms with Crippen LogP contribution in [0.5, 0.6) is 0 Å². The van der Waals surface area contributed by atoms with Crippen molar-refractivity contribution < 1.29 is 18.0 Å². The molecule has 160 valence electrons. The molecule has 0 atom stereocenters. The zero-order chi connectivity index (χ0) is 21.3. The molecule has 0 radical (unpaired) electrons. The van der Waals surface area contributed by atoms with Crippen LogP contribution in [0.15, 0.2) is 36.4 Å². The zero-order valence-corrected chi connectivity index (χ0v) is 16.9. The number of hydrogen-bond donors (Lipinski definition) is 2. The van der Waals surface area contributed by atoms with E-state index in [-0.39, 0.29) is 5.56 Å². The van der Waals surface area contributed by atoms with Gasteiger partial charge < -0.3 is 15.5 Å². The van der Waals surface area contributed by atoms with Gasteiger partial charge in [0, 0.05) is 56.2 Å². The molecule has 0 spiro atoms. The Balaban J connectivity index is 1.55. The van der Waals surface area contributed by atoms with Crippen LogP contribution < -0.4 is 10.6 Å². The van der Waals surface area contributed by atoms with E-state index in [0.29, 0.717) is 17.8 Å². The van der Waals surface area contributed by atoms with Crippen molar-refractivity contribution in [2.45, 2.75) is 19.1 Å². The fraction of sp³-hybridized carbons (Fsp3) is 0.409. The van der Waals surface area contributed by atoms with Gasteiger partial charge in [0.25, 0.3) is 5.91 Å². The molecule has 5 nitrogen and oxygen atoms in total. The smallest absolute Gasteiger partial charge is 0.384 e. The van der Waals surface area contributed by atoms with Crippen molar-refractivity contribution in [3.63, 3.8) is 0 Å². The van der Waals surface area contributed by atoms with Gasteiger partial charge in [-0.25, -0.2) is 0 Å². The van der Waals surface area contributed by atoms with E-state index in [2.05, 4.69) is 20.4 Å². The zero-order valence-electron chi connectivity index (χ0n) is 16.9. The molecule has 0 aromatic heterocycles. The van der Waals surface area contributed by atoms with E-state index in [9.17, 15) is 18.0 Å². The lowest BCUT2D eigenvalue weighted by Gasteiger charge is -2.32. The fourth-order valence-electron chi connectivity index (χ4n) is 3.91. The lowest BCUT2D eigenvalue weighted by atomic mass is 10.0. The highest BCUT2D eigenvalue weighted by Gasteiger charge is 2.32. The number of halogens is 3. The fourth-order valence-corrected chi connectivity index (χ4v) is 3.91. The largest absolute Gasteiger partial charge is 0.416 e. The number of benzene rings is 2. The Bertz CT molecular complexity index is 936. The molecule has 1 fully saturated rings. The molecule has 2 aromatic rings. The van der Waals surface area contributed by atoms with Gasteiger partial charge in [-0.05, 0) is 54.9 Å². The average Bonchev–Trinajstić information content (AvgIpc) is 3.17. The summed E-state index contributed by atoms with van der Waals surface area (Å²) in [7, 11) is 2.03. The number of amides is 1. The van der Waals surface area contributed by atoms with E-state index in [1.807, 2.05) is 19.2 Å². The van der Waals surface area contributed by atoms with Gasteiger partial charge in [-0.3, -0.25) is 9.69 Å². The minimum atomic E-state index is -4.51. The molecule has 0 aliphatic carbocycles. The van der Waals surface area contributed by atoms with Gasteiger partial charge in [0.2, 0.25) is 0 Å². The Morgan fingerprint density at radius 2 is 1.87 bits per heavy atom. The third kappa shape index (κ3) is 4.76. The average molecular weight is 418 g/mol. The molecule has 2 aliphatic rings. The maximum Gasteiger partial charge on any atom is 0.416 e. The van der Waals surface area contributed by atoms with Crippen LogP contribution in [0, 0.1) is 0 Å². The lowest BCUT2D eigenvalue weighted by molar-refractivity contribution is -0.137. The first-order valence-electron chi connectivity index (χ1n) is 10.1.